The van der Waals surface area contributed by atoms with E-state index in [-0.39, 0.29) is 12.5 Å². The Balaban J connectivity index is 2.63. The van der Waals surface area contributed by atoms with Crippen LogP contribution in [0.1, 0.15) is 13.8 Å². The highest BCUT2D eigenvalue weighted by Crippen LogP contribution is 2.24. The van der Waals surface area contributed by atoms with E-state index in [0.29, 0.717) is 10.8 Å². The molecular weight excluding hydrogens is 228 g/mol. The van der Waals surface area contributed by atoms with E-state index < -0.39 is 11.9 Å². The van der Waals surface area contributed by atoms with E-state index in [4.69, 9.17) is 21.4 Å². The Morgan fingerprint density at radius 1 is 1.44 bits per heavy atom. The van der Waals surface area contributed by atoms with Gasteiger partial charge in [0.1, 0.15) is 12.4 Å². The van der Waals surface area contributed by atoms with Crippen LogP contribution < -0.4 is 4.74 Å². The molecule has 16 heavy (non-hydrogen) atoms. The average molecular weight is 243 g/mol. The summed E-state index contributed by atoms with van der Waals surface area (Å²) < 4.78 is 5.41. The van der Waals surface area contributed by atoms with Crippen LogP contribution in [-0.2, 0) is 4.79 Å². The number of aliphatic carboxylic acids is 1. The van der Waals surface area contributed by atoms with Gasteiger partial charge >= 0.3 is 5.97 Å². The van der Waals surface area contributed by atoms with Crippen molar-refractivity contribution in [1.29, 1.82) is 0 Å². The number of carbonyl (C=O) groups is 1. The van der Waals surface area contributed by atoms with Gasteiger partial charge in [0.2, 0.25) is 0 Å². The number of benzene rings is 1. The zero-order valence-corrected chi connectivity index (χ0v) is 10.1. The molecule has 0 saturated heterocycles. The van der Waals surface area contributed by atoms with Crippen molar-refractivity contribution in [1.82, 2.24) is 0 Å². The highest BCUT2D eigenvalue weighted by Gasteiger charge is 2.22. The van der Waals surface area contributed by atoms with Gasteiger partial charge in [-0.3, -0.25) is 4.79 Å². The Kier molecular flexibility index (Phi) is 4.62. The highest BCUT2D eigenvalue weighted by molar-refractivity contribution is 6.32. The lowest BCUT2D eigenvalue weighted by Crippen LogP contribution is -2.26. The summed E-state index contributed by atoms with van der Waals surface area (Å²) in [6, 6.07) is 7.03. The molecule has 0 bridgehead atoms. The third-order valence-electron chi connectivity index (χ3n) is 2.38. The molecule has 0 aliphatic rings. The number of halogens is 1. The van der Waals surface area contributed by atoms with Crippen LogP contribution in [0.15, 0.2) is 24.3 Å². The first kappa shape index (κ1) is 12.8. The molecular formula is C12H15ClO3. The zero-order chi connectivity index (χ0) is 12.1. The Bertz CT molecular complexity index is 363. The monoisotopic (exact) mass is 242 g/mol. The lowest BCUT2D eigenvalue weighted by molar-refractivity contribution is -0.144. The van der Waals surface area contributed by atoms with Crippen LogP contribution in [0.25, 0.3) is 0 Å². The summed E-state index contributed by atoms with van der Waals surface area (Å²) in [7, 11) is 0. The predicted octanol–water partition coefficient (Wildman–Crippen LogP) is 3.08. The molecule has 0 spiro atoms. The van der Waals surface area contributed by atoms with E-state index >= 15 is 0 Å². The van der Waals surface area contributed by atoms with Gasteiger partial charge in [0, 0.05) is 0 Å². The van der Waals surface area contributed by atoms with E-state index in [2.05, 4.69) is 0 Å². The van der Waals surface area contributed by atoms with Crippen molar-refractivity contribution in [2.45, 2.75) is 13.8 Å². The molecule has 3 nitrogen and oxygen atoms in total. The number of hydrogen-bond acceptors (Lipinski definition) is 2. The summed E-state index contributed by atoms with van der Waals surface area (Å²) in [5.41, 5.74) is 0. The van der Waals surface area contributed by atoms with Crippen LogP contribution >= 0.6 is 11.6 Å². The summed E-state index contributed by atoms with van der Waals surface area (Å²) in [6.07, 6.45) is 0. The lowest BCUT2D eigenvalue weighted by Gasteiger charge is -2.17. The minimum atomic E-state index is -0.845. The summed E-state index contributed by atoms with van der Waals surface area (Å²) in [5, 5.41) is 9.47. The molecule has 1 aromatic carbocycles. The van der Waals surface area contributed by atoms with Gasteiger partial charge in [-0.2, -0.15) is 0 Å². The van der Waals surface area contributed by atoms with Gasteiger partial charge < -0.3 is 9.84 Å². The van der Waals surface area contributed by atoms with E-state index in [9.17, 15) is 4.79 Å². The molecule has 88 valence electrons. The van der Waals surface area contributed by atoms with Crippen LogP contribution in [0.5, 0.6) is 5.75 Å². The SMILES string of the molecule is CC(C)C(COc1ccccc1Cl)C(=O)O. The molecule has 0 amide bonds. The van der Waals surface area contributed by atoms with Gasteiger partial charge in [0.15, 0.2) is 0 Å². The van der Waals surface area contributed by atoms with Gasteiger partial charge in [-0.15, -0.1) is 0 Å². The van der Waals surface area contributed by atoms with Crippen molar-refractivity contribution in [3.05, 3.63) is 29.3 Å². The van der Waals surface area contributed by atoms with Crippen molar-refractivity contribution in [3.8, 4) is 5.75 Å². The first-order valence-electron chi connectivity index (χ1n) is 5.12. The molecule has 1 N–H and O–H groups in total. The standard InChI is InChI=1S/C12H15ClO3/c1-8(2)9(12(14)15)7-16-11-6-4-3-5-10(11)13/h3-6,8-9H,7H2,1-2H3,(H,14,15). The van der Waals surface area contributed by atoms with E-state index in [0.717, 1.165) is 0 Å². The Morgan fingerprint density at radius 3 is 2.56 bits per heavy atom. The molecule has 0 aliphatic carbocycles. The van der Waals surface area contributed by atoms with Crippen molar-refractivity contribution in [2.24, 2.45) is 11.8 Å². The largest absolute Gasteiger partial charge is 0.491 e. The Hall–Kier alpha value is -1.22. The fourth-order valence-electron chi connectivity index (χ4n) is 1.29. The first-order chi connectivity index (χ1) is 7.52. The van der Waals surface area contributed by atoms with E-state index in [1.165, 1.54) is 0 Å². The predicted molar refractivity (Wildman–Crippen MR) is 62.9 cm³/mol. The molecule has 1 aromatic rings. The van der Waals surface area contributed by atoms with Crippen molar-refractivity contribution in [3.63, 3.8) is 0 Å². The van der Waals surface area contributed by atoms with Gasteiger partial charge in [-0.1, -0.05) is 37.6 Å². The third-order valence-corrected chi connectivity index (χ3v) is 2.69. The number of ether oxygens (including phenoxy) is 1. The van der Waals surface area contributed by atoms with Gasteiger partial charge in [0.25, 0.3) is 0 Å². The van der Waals surface area contributed by atoms with Gasteiger partial charge in [0.05, 0.1) is 10.9 Å². The second-order valence-corrected chi connectivity index (χ2v) is 4.34. The van der Waals surface area contributed by atoms with Crippen molar-refractivity contribution < 1.29 is 14.6 Å². The second-order valence-electron chi connectivity index (χ2n) is 3.93. The Labute approximate surface area is 100.0 Å². The van der Waals surface area contributed by atoms with E-state index in [1.807, 2.05) is 13.8 Å². The quantitative estimate of drug-likeness (QED) is 0.863. The molecule has 1 rings (SSSR count). The summed E-state index contributed by atoms with van der Waals surface area (Å²) in [4.78, 5) is 10.9. The number of rotatable bonds is 5. The number of carboxylic acids is 1. The zero-order valence-electron chi connectivity index (χ0n) is 9.31. The van der Waals surface area contributed by atoms with Crippen LogP contribution in [0.4, 0.5) is 0 Å². The molecule has 1 unspecified atom stereocenters. The van der Waals surface area contributed by atoms with Crippen molar-refractivity contribution >= 4 is 17.6 Å². The van der Waals surface area contributed by atoms with Crippen LogP contribution in [-0.4, -0.2) is 17.7 Å². The molecule has 0 radical (unpaired) electrons. The number of hydrogen-bond donors (Lipinski definition) is 1. The Morgan fingerprint density at radius 2 is 2.06 bits per heavy atom. The van der Waals surface area contributed by atoms with Crippen LogP contribution in [0.3, 0.4) is 0 Å². The maximum absolute atomic E-state index is 10.9. The molecule has 1 atom stereocenters. The third kappa shape index (κ3) is 3.42. The normalized spacial score (nSPS) is 12.5. The summed E-state index contributed by atoms with van der Waals surface area (Å²) in [6.45, 7) is 3.85. The summed E-state index contributed by atoms with van der Waals surface area (Å²) >= 11 is 5.89. The smallest absolute Gasteiger partial charge is 0.310 e. The van der Waals surface area contributed by atoms with E-state index in [1.54, 1.807) is 24.3 Å². The molecule has 0 fully saturated rings. The number of carboxylic acid groups (broad SMARTS) is 1. The highest BCUT2D eigenvalue weighted by atomic mass is 35.5. The maximum Gasteiger partial charge on any atom is 0.310 e. The molecule has 0 saturated carbocycles. The lowest BCUT2D eigenvalue weighted by atomic mass is 9.97. The summed E-state index contributed by atoms with van der Waals surface area (Å²) in [5.74, 6) is -0.811. The molecule has 0 aliphatic heterocycles. The minimum absolute atomic E-state index is 0.0278. The first-order valence-corrected chi connectivity index (χ1v) is 5.50. The van der Waals surface area contributed by atoms with Crippen molar-refractivity contribution in [2.75, 3.05) is 6.61 Å². The minimum Gasteiger partial charge on any atom is -0.491 e. The van der Waals surface area contributed by atoms with Gasteiger partial charge in [-0.25, -0.2) is 0 Å². The molecule has 0 heterocycles. The fourth-order valence-corrected chi connectivity index (χ4v) is 1.48. The molecule has 0 aromatic heterocycles. The fraction of sp³-hybridized carbons (Fsp3) is 0.417. The van der Waals surface area contributed by atoms with Crippen LogP contribution in [0, 0.1) is 11.8 Å². The van der Waals surface area contributed by atoms with Crippen LogP contribution in [0.2, 0.25) is 5.02 Å². The molecule has 4 heteroatoms. The van der Waals surface area contributed by atoms with Gasteiger partial charge in [-0.05, 0) is 18.1 Å². The second kappa shape index (κ2) is 5.75. The maximum atomic E-state index is 10.9. The average Bonchev–Trinajstić information content (AvgIpc) is 2.20. The number of para-hydroxylation sites is 1. The topological polar surface area (TPSA) is 46.5 Å².